The molecule has 1 unspecified atom stereocenters. The van der Waals surface area contributed by atoms with Crippen molar-refractivity contribution in [1.82, 2.24) is 5.43 Å². The number of hydrogen-bond donors (Lipinski definition) is 2. The number of amidine groups is 1. The first-order chi connectivity index (χ1) is 8.38. The van der Waals surface area contributed by atoms with Crippen LogP contribution in [0.1, 0.15) is 30.7 Å². The van der Waals surface area contributed by atoms with Crippen LogP contribution < -0.4 is 16.0 Å². The quantitative estimate of drug-likeness (QED) is 0.351. The van der Waals surface area contributed by atoms with E-state index in [1.807, 2.05) is 18.2 Å². The van der Waals surface area contributed by atoms with Crippen LogP contribution in [0.5, 0.6) is 5.75 Å². The highest BCUT2D eigenvalue weighted by Crippen LogP contribution is 2.35. The lowest BCUT2D eigenvalue weighted by molar-refractivity contribution is 0.281. The number of ether oxygens (including phenoxy) is 1. The van der Waals surface area contributed by atoms with Gasteiger partial charge in [-0.15, -0.1) is 0 Å². The van der Waals surface area contributed by atoms with Crippen LogP contribution in [0.25, 0.3) is 0 Å². The summed E-state index contributed by atoms with van der Waals surface area (Å²) in [5.41, 5.74) is 3.97. The fourth-order valence-corrected chi connectivity index (χ4v) is 2.25. The lowest BCUT2D eigenvalue weighted by Crippen LogP contribution is -2.37. The van der Waals surface area contributed by atoms with Gasteiger partial charge in [-0.05, 0) is 25.3 Å². The van der Waals surface area contributed by atoms with Crippen LogP contribution in [-0.2, 0) is 0 Å². The van der Waals surface area contributed by atoms with Gasteiger partial charge >= 0.3 is 0 Å². The van der Waals surface area contributed by atoms with Gasteiger partial charge in [0.2, 0.25) is 0 Å². The molecule has 0 radical (unpaired) electrons. The number of hydrazine groups is 1. The van der Waals surface area contributed by atoms with E-state index in [2.05, 4.69) is 16.5 Å². The highest BCUT2D eigenvalue weighted by Gasteiger charge is 2.28. The van der Waals surface area contributed by atoms with Crippen LogP contribution >= 0.6 is 0 Å². The van der Waals surface area contributed by atoms with Crippen LogP contribution in [0.3, 0.4) is 0 Å². The molecule has 3 N–H and O–H groups in total. The van der Waals surface area contributed by atoms with Gasteiger partial charge in [-0.1, -0.05) is 18.2 Å². The standard InChI is InChI=1S/C13H17N3O/c14-16-13(15-9-5-6-9)11-7-8-17-12-4-2-1-3-10(11)12/h1-4,9,11H,5-8,14H2,(H,15,16). The van der Waals surface area contributed by atoms with Gasteiger partial charge in [-0.3, -0.25) is 4.99 Å². The van der Waals surface area contributed by atoms with Gasteiger partial charge in [0.1, 0.15) is 11.6 Å². The molecule has 1 aliphatic heterocycles. The normalized spacial score (nSPS) is 23.8. The van der Waals surface area contributed by atoms with E-state index < -0.39 is 0 Å². The molecule has 1 saturated carbocycles. The van der Waals surface area contributed by atoms with Gasteiger partial charge in [0.05, 0.1) is 12.6 Å². The lowest BCUT2D eigenvalue weighted by atomic mass is 9.92. The van der Waals surface area contributed by atoms with Crippen LogP contribution in [0.15, 0.2) is 29.3 Å². The minimum Gasteiger partial charge on any atom is -0.493 e. The van der Waals surface area contributed by atoms with Crippen LogP contribution in [0.2, 0.25) is 0 Å². The maximum atomic E-state index is 5.65. The van der Waals surface area contributed by atoms with E-state index in [-0.39, 0.29) is 5.92 Å². The van der Waals surface area contributed by atoms with Crippen molar-refractivity contribution in [3.63, 3.8) is 0 Å². The maximum absolute atomic E-state index is 5.65. The molecule has 0 saturated heterocycles. The van der Waals surface area contributed by atoms with Crippen LogP contribution in [0, 0.1) is 0 Å². The second-order valence-electron chi connectivity index (χ2n) is 4.62. The van der Waals surface area contributed by atoms with E-state index in [9.17, 15) is 0 Å². The van der Waals surface area contributed by atoms with Gasteiger partial charge < -0.3 is 10.2 Å². The number of rotatable bonds is 2. The first-order valence-corrected chi connectivity index (χ1v) is 6.14. The third-order valence-corrected chi connectivity index (χ3v) is 3.31. The molecule has 1 atom stereocenters. The SMILES string of the molecule is NNC(=NC1CC1)C1CCOc2ccccc21. The Morgan fingerprint density at radius 1 is 1.29 bits per heavy atom. The van der Waals surface area contributed by atoms with E-state index in [1.54, 1.807) is 0 Å². The molecule has 0 amide bonds. The minimum absolute atomic E-state index is 0.255. The maximum Gasteiger partial charge on any atom is 0.123 e. The van der Waals surface area contributed by atoms with Gasteiger partial charge in [0.15, 0.2) is 0 Å². The van der Waals surface area contributed by atoms with E-state index in [0.717, 1.165) is 24.6 Å². The largest absolute Gasteiger partial charge is 0.493 e. The molecular formula is C13H17N3O. The van der Waals surface area contributed by atoms with E-state index >= 15 is 0 Å². The minimum atomic E-state index is 0.255. The summed E-state index contributed by atoms with van der Waals surface area (Å²) in [5.74, 6) is 7.74. The monoisotopic (exact) mass is 231 g/mol. The zero-order valence-corrected chi connectivity index (χ0v) is 9.73. The van der Waals surface area contributed by atoms with E-state index in [1.165, 1.54) is 18.4 Å². The smallest absolute Gasteiger partial charge is 0.123 e. The molecule has 3 rings (SSSR count). The van der Waals surface area contributed by atoms with Crippen molar-refractivity contribution in [2.24, 2.45) is 10.8 Å². The summed E-state index contributed by atoms with van der Waals surface area (Å²) >= 11 is 0. The topological polar surface area (TPSA) is 59.6 Å². The second-order valence-corrected chi connectivity index (χ2v) is 4.62. The number of hydrogen-bond acceptors (Lipinski definition) is 3. The molecule has 90 valence electrons. The third-order valence-electron chi connectivity index (χ3n) is 3.31. The average molecular weight is 231 g/mol. The van der Waals surface area contributed by atoms with Gasteiger partial charge in [0.25, 0.3) is 0 Å². The second kappa shape index (κ2) is 4.37. The van der Waals surface area contributed by atoms with Gasteiger partial charge in [0, 0.05) is 11.5 Å². The first kappa shape index (κ1) is 10.6. The molecule has 2 aliphatic rings. The van der Waals surface area contributed by atoms with Crippen molar-refractivity contribution in [1.29, 1.82) is 0 Å². The summed E-state index contributed by atoms with van der Waals surface area (Å²) in [4.78, 5) is 4.65. The summed E-state index contributed by atoms with van der Waals surface area (Å²) in [6.45, 7) is 0.729. The molecule has 1 aromatic rings. The number of nitrogens with one attached hydrogen (secondary N) is 1. The Balaban J connectivity index is 1.93. The predicted molar refractivity (Wildman–Crippen MR) is 67.1 cm³/mol. The van der Waals surface area contributed by atoms with Crippen LogP contribution in [0.4, 0.5) is 0 Å². The number of nitrogens with two attached hydrogens (primary N) is 1. The summed E-state index contributed by atoms with van der Waals surface area (Å²) in [7, 11) is 0. The van der Waals surface area contributed by atoms with Crippen molar-refractivity contribution in [2.45, 2.75) is 31.2 Å². The zero-order chi connectivity index (χ0) is 11.7. The Kier molecular flexibility index (Phi) is 2.73. The summed E-state index contributed by atoms with van der Waals surface area (Å²) in [6.07, 6.45) is 3.32. The Morgan fingerprint density at radius 2 is 2.12 bits per heavy atom. The van der Waals surface area contributed by atoms with Crippen molar-refractivity contribution in [3.8, 4) is 5.75 Å². The molecule has 0 spiro atoms. The highest BCUT2D eigenvalue weighted by molar-refractivity contribution is 5.89. The number of fused-ring (bicyclic) bond motifs is 1. The number of aliphatic imine (C=N–C) groups is 1. The molecule has 17 heavy (non-hydrogen) atoms. The lowest BCUT2D eigenvalue weighted by Gasteiger charge is -2.26. The number of nitrogens with zero attached hydrogens (tertiary/aromatic N) is 1. The Hall–Kier alpha value is -1.55. The summed E-state index contributed by atoms with van der Waals surface area (Å²) in [5, 5.41) is 0. The molecule has 1 fully saturated rings. The molecule has 4 nitrogen and oxygen atoms in total. The molecule has 0 aromatic heterocycles. The number of benzene rings is 1. The number of para-hydroxylation sites is 1. The van der Waals surface area contributed by atoms with Crippen molar-refractivity contribution in [3.05, 3.63) is 29.8 Å². The molecule has 1 aromatic carbocycles. The van der Waals surface area contributed by atoms with Crippen molar-refractivity contribution in [2.75, 3.05) is 6.61 Å². The van der Waals surface area contributed by atoms with Gasteiger partial charge in [-0.2, -0.15) is 0 Å². The first-order valence-electron chi connectivity index (χ1n) is 6.14. The molecule has 1 aliphatic carbocycles. The van der Waals surface area contributed by atoms with Crippen molar-refractivity contribution >= 4 is 5.84 Å². The Bertz CT molecular complexity index is 440. The molecule has 0 bridgehead atoms. The van der Waals surface area contributed by atoms with Gasteiger partial charge in [-0.25, -0.2) is 5.84 Å². The molecule has 1 heterocycles. The van der Waals surface area contributed by atoms with Crippen LogP contribution in [-0.4, -0.2) is 18.5 Å². The average Bonchev–Trinajstić information content (AvgIpc) is 3.19. The molecule has 4 heteroatoms. The summed E-state index contributed by atoms with van der Waals surface area (Å²) < 4.78 is 5.65. The van der Waals surface area contributed by atoms with Crippen molar-refractivity contribution < 1.29 is 4.74 Å². The van der Waals surface area contributed by atoms with E-state index in [0.29, 0.717) is 6.04 Å². The Morgan fingerprint density at radius 3 is 2.88 bits per heavy atom. The fourth-order valence-electron chi connectivity index (χ4n) is 2.25. The summed E-state index contributed by atoms with van der Waals surface area (Å²) in [6, 6.07) is 8.61. The zero-order valence-electron chi connectivity index (χ0n) is 9.73. The molecular weight excluding hydrogens is 214 g/mol. The highest BCUT2D eigenvalue weighted by atomic mass is 16.5. The predicted octanol–water partition coefficient (Wildman–Crippen LogP) is 1.58. The third kappa shape index (κ3) is 2.13. The fraction of sp³-hybridized carbons (Fsp3) is 0.462. The van der Waals surface area contributed by atoms with E-state index in [4.69, 9.17) is 10.6 Å². The Labute approximate surface area is 101 Å².